The van der Waals surface area contributed by atoms with Gasteiger partial charge in [-0.05, 0) is 30.9 Å². The minimum Gasteiger partial charge on any atom is -0.321 e. The fourth-order valence-electron chi connectivity index (χ4n) is 2.03. The summed E-state index contributed by atoms with van der Waals surface area (Å²) in [5, 5.41) is 1.51. The summed E-state index contributed by atoms with van der Waals surface area (Å²) in [4.78, 5) is 0. The van der Waals surface area contributed by atoms with E-state index in [1.54, 1.807) is 12.1 Å². The Morgan fingerprint density at radius 2 is 1.76 bits per heavy atom. The van der Waals surface area contributed by atoms with Gasteiger partial charge in [0.25, 0.3) is 0 Å². The van der Waals surface area contributed by atoms with Gasteiger partial charge in [0.05, 0.1) is 0 Å². The fraction of sp³-hybridized carbons (Fsp3) is 0.200. The predicted molar refractivity (Wildman–Crippen MR) is 70.3 cm³/mol. The highest BCUT2D eigenvalue weighted by molar-refractivity contribution is 5.86. The third-order valence-corrected chi connectivity index (χ3v) is 2.78. The first-order valence-corrected chi connectivity index (χ1v) is 5.67. The molecular formula is C15H16FN. The zero-order chi connectivity index (χ0) is 12.4. The van der Waals surface area contributed by atoms with E-state index in [-0.39, 0.29) is 11.9 Å². The number of halogens is 1. The number of rotatable bonds is 2. The third-order valence-electron chi connectivity index (χ3n) is 2.78. The van der Waals surface area contributed by atoms with Crippen molar-refractivity contribution in [3.05, 3.63) is 59.4 Å². The van der Waals surface area contributed by atoms with Crippen molar-refractivity contribution in [2.24, 2.45) is 5.73 Å². The first-order valence-electron chi connectivity index (χ1n) is 5.67. The second kappa shape index (κ2) is 4.68. The molecule has 0 amide bonds. The van der Waals surface area contributed by atoms with Crippen molar-refractivity contribution in [2.45, 2.75) is 19.9 Å². The Balaban J connectivity index is 2.63. The Hall–Kier alpha value is -1.67. The molecule has 0 aliphatic carbocycles. The lowest BCUT2D eigenvalue weighted by atomic mass is 9.98. The van der Waals surface area contributed by atoms with Crippen LogP contribution in [0.15, 0.2) is 48.0 Å². The van der Waals surface area contributed by atoms with E-state index in [0.29, 0.717) is 5.39 Å². The number of hydrogen-bond acceptors (Lipinski definition) is 1. The zero-order valence-electron chi connectivity index (χ0n) is 10.1. The minimum absolute atomic E-state index is 0.189. The SMILES string of the molecule is CC(C)=CC(N)c1ccc(F)c2ccccc12. The number of nitrogens with two attached hydrogens (primary N) is 1. The minimum atomic E-state index is -0.200. The highest BCUT2D eigenvalue weighted by Crippen LogP contribution is 2.26. The number of hydrogen-bond donors (Lipinski definition) is 1. The van der Waals surface area contributed by atoms with Gasteiger partial charge in [0.1, 0.15) is 5.82 Å². The Bertz CT molecular complexity index is 568. The van der Waals surface area contributed by atoms with Gasteiger partial charge in [-0.25, -0.2) is 4.39 Å². The van der Waals surface area contributed by atoms with Gasteiger partial charge in [-0.3, -0.25) is 0 Å². The molecule has 0 spiro atoms. The van der Waals surface area contributed by atoms with Gasteiger partial charge in [-0.2, -0.15) is 0 Å². The van der Waals surface area contributed by atoms with Gasteiger partial charge < -0.3 is 5.73 Å². The Labute approximate surface area is 101 Å². The molecule has 17 heavy (non-hydrogen) atoms. The fourth-order valence-corrected chi connectivity index (χ4v) is 2.03. The quantitative estimate of drug-likeness (QED) is 0.775. The second-order valence-corrected chi connectivity index (χ2v) is 4.45. The molecule has 2 N–H and O–H groups in total. The van der Waals surface area contributed by atoms with E-state index in [4.69, 9.17) is 5.73 Å². The summed E-state index contributed by atoms with van der Waals surface area (Å²) in [7, 11) is 0. The summed E-state index contributed by atoms with van der Waals surface area (Å²) in [5.41, 5.74) is 8.23. The average molecular weight is 229 g/mol. The lowest BCUT2D eigenvalue weighted by molar-refractivity contribution is 0.639. The molecule has 1 nitrogen and oxygen atoms in total. The predicted octanol–water partition coefficient (Wildman–Crippen LogP) is 3.94. The highest BCUT2D eigenvalue weighted by Gasteiger charge is 2.09. The van der Waals surface area contributed by atoms with Crippen LogP contribution in [0.4, 0.5) is 4.39 Å². The Morgan fingerprint density at radius 3 is 2.41 bits per heavy atom. The van der Waals surface area contributed by atoms with Gasteiger partial charge in [-0.15, -0.1) is 0 Å². The van der Waals surface area contributed by atoms with Crippen molar-refractivity contribution in [2.75, 3.05) is 0 Å². The molecule has 1 atom stereocenters. The van der Waals surface area contributed by atoms with Crippen LogP contribution >= 0.6 is 0 Å². The molecular weight excluding hydrogens is 213 g/mol. The summed E-state index contributed by atoms with van der Waals surface area (Å²) in [5.74, 6) is -0.200. The van der Waals surface area contributed by atoms with Crippen LogP contribution < -0.4 is 5.73 Å². The molecule has 0 saturated carbocycles. The summed E-state index contributed by atoms with van der Waals surface area (Å²) in [6, 6.07) is 10.5. The molecule has 2 heteroatoms. The largest absolute Gasteiger partial charge is 0.321 e. The van der Waals surface area contributed by atoms with Crippen LogP contribution in [0.2, 0.25) is 0 Å². The van der Waals surface area contributed by atoms with Crippen LogP contribution in [0, 0.1) is 5.82 Å². The highest BCUT2D eigenvalue weighted by atomic mass is 19.1. The van der Waals surface area contributed by atoms with Crippen LogP contribution in [-0.4, -0.2) is 0 Å². The topological polar surface area (TPSA) is 26.0 Å². The number of fused-ring (bicyclic) bond motifs is 1. The standard InChI is InChI=1S/C15H16FN/c1-10(2)9-15(17)13-7-8-14(16)12-6-4-3-5-11(12)13/h3-9,15H,17H2,1-2H3. The Morgan fingerprint density at radius 1 is 1.12 bits per heavy atom. The molecule has 2 aromatic carbocycles. The van der Waals surface area contributed by atoms with Crippen molar-refractivity contribution in [1.82, 2.24) is 0 Å². The van der Waals surface area contributed by atoms with Gasteiger partial charge in [0.15, 0.2) is 0 Å². The summed E-state index contributed by atoms with van der Waals surface area (Å²) < 4.78 is 13.6. The van der Waals surface area contributed by atoms with Crippen molar-refractivity contribution in [3.63, 3.8) is 0 Å². The molecule has 2 aromatic rings. The first-order chi connectivity index (χ1) is 8.09. The molecule has 0 aliphatic heterocycles. The van der Waals surface area contributed by atoms with E-state index >= 15 is 0 Å². The van der Waals surface area contributed by atoms with E-state index in [1.165, 1.54) is 6.07 Å². The summed E-state index contributed by atoms with van der Waals surface area (Å²) in [6.07, 6.45) is 1.99. The van der Waals surface area contributed by atoms with Crippen molar-refractivity contribution in [1.29, 1.82) is 0 Å². The molecule has 0 saturated heterocycles. The molecule has 0 fully saturated rings. The smallest absolute Gasteiger partial charge is 0.131 e. The average Bonchev–Trinajstić information content (AvgIpc) is 2.29. The summed E-state index contributed by atoms with van der Waals surface area (Å²) in [6.45, 7) is 4.01. The molecule has 0 bridgehead atoms. The Kier molecular flexibility index (Phi) is 3.25. The maximum atomic E-state index is 13.6. The maximum absolute atomic E-state index is 13.6. The lowest BCUT2D eigenvalue weighted by Gasteiger charge is -2.12. The van der Waals surface area contributed by atoms with E-state index in [1.807, 2.05) is 38.1 Å². The van der Waals surface area contributed by atoms with E-state index in [9.17, 15) is 4.39 Å². The van der Waals surface area contributed by atoms with Gasteiger partial charge in [-0.1, -0.05) is 42.0 Å². The normalized spacial score (nSPS) is 12.5. The second-order valence-electron chi connectivity index (χ2n) is 4.45. The van der Waals surface area contributed by atoms with Crippen LogP contribution in [0.25, 0.3) is 10.8 Å². The van der Waals surface area contributed by atoms with E-state index in [0.717, 1.165) is 16.5 Å². The zero-order valence-corrected chi connectivity index (χ0v) is 10.1. The van der Waals surface area contributed by atoms with Crippen molar-refractivity contribution >= 4 is 10.8 Å². The van der Waals surface area contributed by atoms with Crippen molar-refractivity contribution < 1.29 is 4.39 Å². The van der Waals surface area contributed by atoms with Crippen LogP contribution in [-0.2, 0) is 0 Å². The van der Waals surface area contributed by atoms with Crippen LogP contribution in [0.3, 0.4) is 0 Å². The maximum Gasteiger partial charge on any atom is 0.131 e. The molecule has 0 heterocycles. The first kappa shape index (κ1) is 11.8. The molecule has 1 unspecified atom stereocenters. The van der Waals surface area contributed by atoms with E-state index in [2.05, 4.69) is 0 Å². The van der Waals surface area contributed by atoms with Gasteiger partial charge in [0, 0.05) is 11.4 Å². The molecule has 0 radical (unpaired) electrons. The number of benzene rings is 2. The molecule has 2 rings (SSSR count). The molecule has 0 aliphatic rings. The lowest BCUT2D eigenvalue weighted by Crippen LogP contribution is -2.08. The van der Waals surface area contributed by atoms with Crippen LogP contribution in [0.1, 0.15) is 25.5 Å². The molecule has 0 aromatic heterocycles. The summed E-state index contributed by atoms with van der Waals surface area (Å²) >= 11 is 0. The van der Waals surface area contributed by atoms with Gasteiger partial charge in [0.2, 0.25) is 0 Å². The van der Waals surface area contributed by atoms with Gasteiger partial charge >= 0.3 is 0 Å². The van der Waals surface area contributed by atoms with Crippen molar-refractivity contribution in [3.8, 4) is 0 Å². The number of allylic oxidation sites excluding steroid dienone is 1. The third kappa shape index (κ3) is 2.37. The van der Waals surface area contributed by atoms with Crippen LogP contribution in [0.5, 0.6) is 0 Å². The van der Waals surface area contributed by atoms with E-state index < -0.39 is 0 Å². The monoisotopic (exact) mass is 229 g/mol. The molecule has 88 valence electrons.